The number of morpholine rings is 1. The van der Waals surface area contributed by atoms with Gasteiger partial charge in [0.05, 0.1) is 12.2 Å². The highest BCUT2D eigenvalue weighted by molar-refractivity contribution is 5.56. The van der Waals surface area contributed by atoms with Gasteiger partial charge in [0, 0.05) is 24.8 Å². The maximum Gasteiger partial charge on any atom is 0.123 e. The smallest absolute Gasteiger partial charge is 0.123 e. The van der Waals surface area contributed by atoms with Crippen molar-refractivity contribution in [3.63, 3.8) is 0 Å². The van der Waals surface area contributed by atoms with Crippen molar-refractivity contribution in [1.82, 2.24) is 5.32 Å². The van der Waals surface area contributed by atoms with Gasteiger partial charge in [-0.05, 0) is 50.1 Å². The molecule has 2 saturated heterocycles. The summed E-state index contributed by atoms with van der Waals surface area (Å²) in [5.41, 5.74) is 2.20. The molecule has 4 heteroatoms. The number of nitrogens with zero attached hydrogens (tertiary/aromatic N) is 1. The first kappa shape index (κ1) is 13.8. The van der Waals surface area contributed by atoms with E-state index in [1.54, 1.807) is 12.1 Å². The van der Waals surface area contributed by atoms with Crippen LogP contribution in [0.1, 0.15) is 38.3 Å². The molecule has 1 aromatic carbocycles. The molecule has 3 unspecified atom stereocenters. The lowest BCUT2D eigenvalue weighted by molar-refractivity contribution is 0.0304. The molecule has 110 valence electrons. The first-order valence-electron chi connectivity index (χ1n) is 7.60. The minimum Gasteiger partial charge on any atom is -0.371 e. The van der Waals surface area contributed by atoms with Crippen molar-refractivity contribution in [2.45, 2.75) is 44.9 Å². The fraction of sp³-hybridized carbons (Fsp3) is 0.625. The number of hydrogen-bond donors (Lipinski definition) is 1. The Morgan fingerprint density at radius 3 is 2.70 bits per heavy atom. The van der Waals surface area contributed by atoms with E-state index in [0.29, 0.717) is 12.2 Å². The molecule has 0 amide bonds. The van der Waals surface area contributed by atoms with Crippen LogP contribution in [0.5, 0.6) is 0 Å². The van der Waals surface area contributed by atoms with Gasteiger partial charge in [-0.15, -0.1) is 0 Å². The summed E-state index contributed by atoms with van der Waals surface area (Å²) >= 11 is 0. The average molecular weight is 278 g/mol. The van der Waals surface area contributed by atoms with Crippen molar-refractivity contribution in [1.29, 1.82) is 0 Å². The highest BCUT2D eigenvalue weighted by Crippen LogP contribution is 2.33. The van der Waals surface area contributed by atoms with Crippen LogP contribution in [0.15, 0.2) is 18.2 Å². The zero-order valence-electron chi connectivity index (χ0n) is 12.2. The normalized spacial score (nSPS) is 26.9. The summed E-state index contributed by atoms with van der Waals surface area (Å²) in [6.45, 7) is 6.90. The lowest BCUT2D eigenvalue weighted by Crippen LogP contribution is -2.43. The number of ether oxygens (including phenoxy) is 1. The maximum absolute atomic E-state index is 13.6. The first-order valence-corrected chi connectivity index (χ1v) is 7.60. The molecule has 0 aromatic heterocycles. The molecule has 1 N–H and O–H groups in total. The molecule has 20 heavy (non-hydrogen) atoms. The van der Waals surface area contributed by atoms with Gasteiger partial charge in [0.1, 0.15) is 5.82 Å². The molecule has 0 aliphatic carbocycles. The van der Waals surface area contributed by atoms with Gasteiger partial charge in [0.25, 0.3) is 0 Å². The second-order valence-corrected chi connectivity index (χ2v) is 5.84. The number of rotatable bonds is 4. The molecular weight excluding hydrogens is 255 g/mol. The van der Waals surface area contributed by atoms with Gasteiger partial charge in [0.15, 0.2) is 0 Å². The van der Waals surface area contributed by atoms with Crippen LogP contribution in [0.2, 0.25) is 0 Å². The number of benzene rings is 1. The third-order valence-electron chi connectivity index (χ3n) is 4.35. The molecule has 2 bridgehead atoms. The summed E-state index contributed by atoms with van der Waals surface area (Å²) in [6, 6.07) is 5.31. The van der Waals surface area contributed by atoms with Crippen LogP contribution in [-0.4, -0.2) is 31.8 Å². The van der Waals surface area contributed by atoms with Crippen molar-refractivity contribution in [3.8, 4) is 0 Å². The topological polar surface area (TPSA) is 24.5 Å². The standard InChI is InChI=1S/C16H23FN2O/c1-3-18-11(2)15-8-12(17)4-7-16(15)19-9-13-5-6-14(10-19)20-13/h4,7-8,11,13-14,18H,3,5-6,9-10H2,1-2H3. The third-order valence-corrected chi connectivity index (χ3v) is 4.35. The fourth-order valence-electron chi connectivity index (χ4n) is 3.39. The second-order valence-electron chi connectivity index (χ2n) is 5.84. The quantitative estimate of drug-likeness (QED) is 0.916. The van der Waals surface area contributed by atoms with Crippen molar-refractivity contribution in [3.05, 3.63) is 29.6 Å². The Morgan fingerprint density at radius 2 is 2.05 bits per heavy atom. The third kappa shape index (κ3) is 2.67. The van der Waals surface area contributed by atoms with Crippen molar-refractivity contribution < 1.29 is 9.13 Å². The number of fused-ring (bicyclic) bond motifs is 2. The van der Waals surface area contributed by atoms with Crippen LogP contribution >= 0.6 is 0 Å². The second kappa shape index (κ2) is 5.70. The molecule has 0 radical (unpaired) electrons. The number of anilines is 1. The first-order chi connectivity index (χ1) is 9.67. The van der Waals surface area contributed by atoms with Crippen LogP contribution in [-0.2, 0) is 4.74 Å². The Labute approximate surface area is 120 Å². The fourth-order valence-corrected chi connectivity index (χ4v) is 3.39. The van der Waals surface area contributed by atoms with Crippen molar-refractivity contribution >= 4 is 5.69 Å². The van der Waals surface area contributed by atoms with E-state index < -0.39 is 0 Å². The predicted octanol–water partition coefficient (Wildman–Crippen LogP) is 2.86. The van der Waals surface area contributed by atoms with E-state index in [4.69, 9.17) is 4.74 Å². The van der Waals surface area contributed by atoms with E-state index in [2.05, 4.69) is 24.1 Å². The Morgan fingerprint density at radius 1 is 1.35 bits per heavy atom. The summed E-state index contributed by atoms with van der Waals surface area (Å²) < 4.78 is 19.5. The molecule has 1 aromatic rings. The maximum atomic E-state index is 13.6. The minimum atomic E-state index is -0.162. The average Bonchev–Trinajstić information content (AvgIpc) is 2.77. The van der Waals surface area contributed by atoms with Crippen LogP contribution in [0, 0.1) is 5.82 Å². The zero-order valence-corrected chi connectivity index (χ0v) is 12.2. The molecular formula is C16H23FN2O. The highest BCUT2D eigenvalue weighted by atomic mass is 19.1. The molecule has 2 aliphatic heterocycles. The van der Waals surface area contributed by atoms with Gasteiger partial charge in [-0.1, -0.05) is 6.92 Å². The highest BCUT2D eigenvalue weighted by Gasteiger charge is 2.34. The molecule has 3 nitrogen and oxygen atoms in total. The SMILES string of the molecule is CCNC(C)c1cc(F)ccc1N1CC2CCC(C1)O2. The molecule has 2 fully saturated rings. The van der Waals surface area contributed by atoms with Gasteiger partial charge < -0.3 is 15.0 Å². The van der Waals surface area contributed by atoms with Crippen LogP contribution in [0.25, 0.3) is 0 Å². The van der Waals surface area contributed by atoms with Crippen LogP contribution < -0.4 is 10.2 Å². The predicted molar refractivity (Wildman–Crippen MR) is 78.6 cm³/mol. The lowest BCUT2D eigenvalue weighted by atomic mass is 10.0. The van der Waals surface area contributed by atoms with Gasteiger partial charge >= 0.3 is 0 Å². The Bertz CT molecular complexity index is 468. The zero-order chi connectivity index (χ0) is 14.1. The van der Waals surface area contributed by atoms with Gasteiger partial charge in [-0.3, -0.25) is 0 Å². The summed E-state index contributed by atoms with van der Waals surface area (Å²) in [6.07, 6.45) is 3.00. The van der Waals surface area contributed by atoms with Gasteiger partial charge in [0.2, 0.25) is 0 Å². The summed E-state index contributed by atoms with van der Waals surface area (Å²) in [7, 11) is 0. The van der Waals surface area contributed by atoms with E-state index >= 15 is 0 Å². The Kier molecular flexibility index (Phi) is 3.94. The number of hydrogen-bond acceptors (Lipinski definition) is 3. The molecule has 0 spiro atoms. The van der Waals surface area contributed by atoms with Crippen LogP contribution in [0.3, 0.4) is 0 Å². The molecule has 0 saturated carbocycles. The number of nitrogens with one attached hydrogen (secondary N) is 1. The van der Waals surface area contributed by atoms with Crippen LogP contribution in [0.4, 0.5) is 10.1 Å². The summed E-state index contributed by atoms with van der Waals surface area (Å²) in [5, 5.41) is 3.38. The van der Waals surface area contributed by atoms with Crippen molar-refractivity contribution in [2.24, 2.45) is 0 Å². The van der Waals surface area contributed by atoms with E-state index in [0.717, 1.165) is 43.7 Å². The Hall–Kier alpha value is -1.13. The van der Waals surface area contributed by atoms with E-state index in [1.807, 2.05) is 6.07 Å². The Balaban J connectivity index is 1.88. The lowest BCUT2D eigenvalue weighted by Gasteiger charge is -2.36. The summed E-state index contributed by atoms with van der Waals surface area (Å²) in [4.78, 5) is 2.37. The van der Waals surface area contributed by atoms with E-state index in [-0.39, 0.29) is 11.9 Å². The largest absolute Gasteiger partial charge is 0.371 e. The molecule has 2 heterocycles. The monoisotopic (exact) mass is 278 g/mol. The summed E-state index contributed by atoms with van der Waals surface area (Å²) in [5.74, 6) is -0.162. The molecule has 2 aliphatic rings. The van der Waals surface area contributed by atoms with E-state index in [9.17, 15) is 4.39 Å². The van der Waals surface area contributed by atoms with Gasteiger partial charge in [-0.25, -0.2) is 4.39 Å². The molecule has 3 atom stereocenters. The van der Waals surface area contributed by atoms with E-state index in [1.165, 1.54) is 0 Å². The van der Waals surface area contributed by atoms with Crippen molar-refractivity contribution in [2.75, 3.05) is 24.5 Å². The van der Waals surface area contributed by atoms with Gasteiger partial charge in [-0.2, -0.15) is 0 Å². The molecule has 3 rings (SSSR count). The number of halogens is 1. The minimum absolute atomic E-state index is 0.159.